The molecule has 3 aromatic rings. The van der Waals surface area contributed by atoms with Gasteiger partial charge in [0.25, 0.3) is 0 Å². The molecule has 2 heterocycles. The summed E-state index contributed by atoms with van der Waals surface area (Å²) in [6, 6.07) is 7.44. The van der Waals surface area contributed by atoms with Gasteiger partial charge in [0.1, 0.15) is 6.33 Å². The number of hydrogen-bond donors (Lipinski definition) is 1. The minimum Gasteiger partial charge on any atom is -0.338 e. The predicted octanol–water partition coefficient (Wildman–Crippen LogP) is 3.24. The van der Waals surface area contributed by atoms with Crippen LogP contribution in [0.15, 0.2) is 36.9 Å². The highest BCUT2D eigenvalue weighted by Crippen LogP contribution is 2.22. The molecule has 19 heavy (non-hydrogen) atoms. The normalized spacial score (nSPS) is 10.8. The number of nitrogens with one attached hydrogen (secondary N) is 1. The maximum absolute atomic E-state index is 5.86. The summed E-state index contributed by atoms with van der Waals surface area (Å²) < 4.78 is 1.98. The lowest BCUT2D eigenvalue weighted by molar-refractivity contribution is 0.777. The second-order valence-corrected chi connectivity index (χ2v) is 4.49. The Morgan fingerprint density at radius 3 is 2.68 bits per heavy atom. The first-order chi connectivity index (χ1) is 9.28. The van der Waals surface area contributed by atoms with Crippen molar-refractivity contribution >= 4 is 34.3 Å². The molecule has 0 saturated heterocycles. The van der Waals surface area contributed by atoms with Crippen LogP contribution in [0.3, 0.4) is 0 Å². The molecular formula is C13H12ClN5. The van der Waals surface area contributed by atoms with Gasteiger partial charge in [0.2, 0.25) is 0 Å². The van der Waals surface area contributed by atoms with Crippen LogP contribution in [-0.4, -0.2) is 19.5 Å². The van der Waals surface area contributed by atoms with E-state index in [4.69, 9.17) is 11.6 Å². The molecule has 0 amide bonds. The van der Waals surface area contributed by atoms with Crippen LogP contribution in [0, 0.1) is 0 Å². The lowest BCUT2D eigenvalue weighted by Crippen LogP contribution is -1.98. The van der Waals surface area contributed by atoms with Crippen molar-refractivity contribution in [1.82, 2.24) is 19.5 Å². The molecule has 0 aliphatic rings. The third kappa shape index (κ3) is 2.24. The van der Waals surface area contributed by atoms with Gasteiger partial charge in [-0.2, -0.15) is 0 Å². The van der Waals surface area contributed by atoms with Gasteiger partial charge in [-0.1, -0.05) is 11.6 Å². The van der Waals surface area contributed by atoms with E-state index in [1.807, 2.05) is 28.8 Å². The van der Waals surface area contributed by atoms with E-state index in [1.165, 1.54) is 6.33 Å². The van der Waals surface area contributed by atoms with Crippen molar-refractivity contribution in [2.75, 3.05) is 5.32 Å². The van der Waals surface area contributed by atoms with Crippen molar-refractivity contribution in [2.24, 2.45) is 0 Å². The Hall–Kier alpha value is -2.14. The van der Waals surface area contributed by atoms with Crippen molar-refractivity contribution < 1.29 is 0 Å². The lowest BCUT2D eigenvalue weighted by Gasteiger charge is -2.06. The molecule has 6 heteroatoms. The molecule has 0 saturated carbocycles. The molecule has 0 aliphatic heterocycles. The van der Waals surface area contributed by atoms with E-state index in [1.54, 1.807) is 6.33 Å². The second kappa shape index (κ2) is 4.85. The minimum absolute atomic E-state index is 0.694. The molecule has 0 unspecified atom stereocenters. The number of aromatic nitrogens is 4. The molecule has 0 radical (unpaired) electrons. The first-order valence-corrected chi connectivity index (χ1v) is 6.34. The van der Waals surface area contributed by atoms with E-state index in [-0.39, 0.29) is 0 Å². The first-order valence-electron chi connectivity index (χ1n) is 5.96. The molecule has 3 rings (SSSR count). The first kappa shape index (κ1) is 11.9. The molecule has 5 nitrogen and oxygen atoms in total. The number of benzene rings is 1. The number of fused-ring (bicyclic) bond motifs is 1. The van der Waals surface area contributed by atoms with Crippen LogP contribution in [0.1, 0.15) is 6.92 Å². The summed E-state index contributed by atoms with van der Waals surface area (Å²) in [4.78, 5) is 12.9. The molecule has 2 aromatic heterocycles. The number of nitrogens with zero attached hydrogens (tertiary/aromatic N) is 4. The van der Waals surface area contributed by atoms with Crippen LogP contribution in [0.4, 0.5) is 11.5 Å². The summed E-state index contributed by atoms with van der Waals surface area (Å²) in [6.45, 7) is 2.88. The minimum atomic E-state index is 0.694. The van der Waals surface area contributed by atoms with Gasteiger partial charge in [-0.25, -0.2) is 15.0 Å². The van der Waals surface area contributed by atoms with Crippen molar-refractivity contribution in [3.05, 3.63) is 41.9 Å². The molecule has 1 aromatic carbocycles. The van der Waals surface area contributed by atoms with Crippen molar-refractivity contribution in [2.45, 2.75) is 13.5 Å². The van der Waals surface area contributed by atoms with E-state index in [9.17, 15) is 0 Å². The standard InChI is InChI=1S/C13H12ClN5/c1-2-19-8-17-11-12(15-7-16-13(11)19)18-10-5-3-9(14)4-6-10/h3-8H,2H2,1H3,(H,15,16,18). The highest BCUT2D eigenvalue weighted by Gasteiger charge is 2.09. The van der Waals surface area contributed by atoms with E-state index >= 15 is 0 Å². The van der Waals surface area contributed by atoms with Gasteiger partial charge in [0.05, 0.1) is 6.33 Å². The van der Waals surface area contributed by atoms with Crippen LogP contribution < -0.4 is 5.32 Å². The fourth-order valence-corrected chi connectivity index (χ4v) is 2.00. The molecular weight excluding hydrogens is 262 g/mol. The van der Waals surface area contributed by atoms with Crippen molar-refractivity contribution in [3.63, 3.8) is 0 Å². The van der Waals surface area contributed by atoms with Gasteiger partial charge >= 0.3 is 0 Å². The number of aryl methyl sites for hydroxylation is 1. The summed E-state index contributed by atoms with van der Waals surface area (Å²) in [5.74, 6) is 0.694. The summed E-state index contributed by atoms with van der Waals surface area (Å²) in [5, 5.41) is 3.93. The van der Waals surface area contributed by atoms with Gasteiger partial charge < -0.3 is 9.88 Å². The number of rotatable bonds is 3. The fraction of sp³-hybridized carbons (Fsp3) is 0.154. The summed E-state index contributed by atoms with van der Waals surface area (Å²) in [7, 11) is 0. The average Bonchev–Trinajstić information content (AvgIpc) is 2.85. The Balaban J connectivity index is 2.01. The predicted molar refractivity (Wildman–Crippen MR) is 75.7 cm³/mol. The zero-order valence-corrected chi connectivity index (χ0v) is 11.1. The average molecular weight is 274 g/mol. The second-order valence-electron chi connectivity index (χ2n) is 4.06. The van der Waals surface area contributed by atoms with Crippen LogP contribution in [0.25, 0.3) is 11.2 Å². The van der Waals surface area contributed by atoms with Gasteiger partial charge in [0, 0.05) is 17.3 Å². The Morgan fingerprint density at radius 1 is 1.16 bits per heavy atom. The van der Waals surface area contributed by atoms with Gasteiger partial charge in [0.15, 0.2) is 17.0 Å². The van der Waals surface area contributed by atoms with E-state index in [0.717, 1.165) is 23.4 Å². The summed E-state index contributed by atoms with van der Waals surface area (Å²) in [6.07, 6.45) is 3.31. The number of halogens is 1. The zero-order chi connectivity index (χ0) is 13.2. The van der Waals surface area contributed by atoms with Crippen LogP contribution in [0.5, 0.6) is 0 Å². The Morgan fingerprint density at radius 2 is 1.95 bits per heavy atom. The molecule has 1 N–H and O–H groups in total. The molecule has 96 valence electrons. The maximum atomic E-state index is 5.86. The molecule has 0 atom stereocenters. The highest BCUT2D eigenvalue weighted by molar-refractivity contribution is 6.30. The number of imidazole rings is 1. The van der Waals surface area contributed by atoms with Crippen LogP contribution in [-0.2, 0) is 6.54 Å². The number of anilines is 2. The van der Waals surface area contributed by atoms with Crippen LogP contribution in [0.2, 0.25) is 5.02 Å². The highest BCUT2D eigenvalue weighted by atomic mass is 35.5. The smallest absolute Gasteiger partial charge is 0.165 e. The Kier molecular flexibility index (Phi) is 3.05. The lowest BCUT2D eigenvalue weighted by atomic mass is 10.3. The molecule has 0 fully saturated rings. The Labute approximate surface area is 115 Å². The topological polar surface area (TPSA) is 55.6 Å². The third-order valence-corrected chi connectivity index (χ3v) is 3.10. The van der Waals surface area contributed by atoms with E-state index in [0.29, 0.717) is 10.8 Å². The third-order valence-electron chi connectivity index (χ3n) is 2.85. The van der Waals surface area contributed by atoms with Crippen LogP contribution >= 0.6 is 11.6 Å². The summed E-state index contributed by atoms with van der Waals surface area (Å²) in [5.41, 5.74) is 2.50. The molecule has 0 bridgehead atoms. The zero-order valence-electron chi connectivity index (χ0n) is 10.3. The molecule has 0 aliphatic carbocycles. The maximum Gasteiger partial charge on any atom is 0.165 e. The van der Waals surface area contributed by atoms with Gasteiger partial charge in [-0.15, -0.1) is 0 Å². The van der Waals surface area contributed by atoms with E-state index in [2.05, 4.69) is 27.2 Å². The van der Waals surface area contributed by atoms with Gasteiger partial charge in [-0.05, 0) is 31.2 Å². The largest absolute Gasteiger partial charge is 0.338 e. The monoisotopic (exact) mass is 273 g/mol. The van der Waals surface area contributed by atoms with Gasteiger partial charge in [-0.3, -0.25) is 0 Å². The number of hydrogen-bond acceptors (Lipinski definition) is 4. The molecule has 0 spiro atoms. The fourth-order valence-electron chi connectivity index (χ4n) is 1.87. The van der Waals surface area contributed by atoms with Crippen molar-refractivity contribution in [1.29, 1.82) is 0 Å². The Bertz CT molecular complexity index is 705. The SMILES string of the molecule is CCn1cnc2c(Nc3ccc(Cl)cc3)ncnc21. The van der Waals surface area contributed by atoms with E-state index < -0.39 is 0 Å². The quantitative estimate of drug-likeness (QED) is 0.796. The summed E-state index contributed by atoms with van der Waals surface area (Å²) >= 11 is 5.86. The van der Waals surface area contributed by atoms with Crippen molar-refractivity contribution in [3.8, 4) is 0 Å².